The van der Waals surface area contributed by atoms with Gasteiger partial charge in [0.05, 0.1) is 16.2 Å². The Hall–Kier alpha value is -1.32. The van der Waals surface area contributed by atoms with Crippen LogP contribution in [0.3, 0.4) is 0 Å². The second kappa shape index (κ2) is 5.98. The predicted molar refractivity (Wildman–Crippen MR) is 87.7 cm³/mol. The highest BCUT2D eigenvalue weighted by atomic mass is 35.5. The Morgan fingerprint density at radius 1 is 1.25 bits per heavy atom. The molecule has 1 heterocycles. The van der Waals surface area contributed by atoms with E-state index in [0.29, 0.717) is 0 Å². The van der Waals surface area contributed by atoms with Crippen molar-refractivity contribution in [1.82, 2.24) is 10.3 Å². The van der Waals surface area contributed by atoms with Crippen LogP contribution in [-0.4, -0.2) is 23.6 Å². The molecule has 0 aliphatic rings. The van der Waals surface area contributed by atoms with E-state index < -0.39 is 0 Å². The fourth-order valence-corrected chi connectivity index (χ4v) is 2.52. The smallest absolute Gasteiger partial charge is 0.0752 e. The van der Waals surface area contributed by atoms with Gasteiger partial charge in [-0.25, -0.2) is 0 Å². The second-order valence-corrected chi connectivity index (χ2v) is 6.46. The number of rotatable bonds is 4. The van der Waals surface area contributed by atoms with Crippen LogP contribution in [0.15, 0.2) is 24.4 Å². The molecule has 1 aromatic carbocycles. The number of nitrogens with one attached hydrogen (secondary N) is 2. The fourth-order valence-electron chi connectivity index (χ4n) is 2.19. The van der Waals surface area contributed by atoms with Gasteiger partial charge >= 0.3 is 0 Å². The Bertz CT molecular complexity index is 602. The van der Waals surface area contributed by atoms with Gasteiger partial charge in [0.2, 0.25) is 0 Å². The summed E-state index contributed by atoms with van der Waals surface area (Å²) in [6, 6.07) is 5.97. The summed E-state index contributed by atoms with van der Waals surface area (Å²) in [5.74, 6) is 0. The molecule has 0 fully saturated rings. The Balaban J connectivity index is 2.18. The molecule has 0 radical (unpaired) electrons. The highest BCUT2D eigenvalue weighted by molar-refractivity contribution is 6.35. The molecule has 108 valence electrons. The van der Waals surface area contributed by atoms with Gasteiger partial charge in [-0.3, -0.25) is 4.98 Å². The topological polar surface area (TPSA) is 37.0 Å². The largest absolute Gasteiger partial charge is 0.382 e. The van der Waals surface area contributed by atoms with Crippen LogP contribution in [0.2, 0.25) is 5.02 Å². The zero-order chi connectivity index (χ0) is 14.8. The van der Waals surface area contributed by atoms with Crippen molar-refractivity contribution in [2.75, 3.05) is 18.4 Å². The van der Waals surface area contributed by atoms with Gasteiger partial charge in [-0.1, -0.05) is 11.6 Å². The number of fused-ring (bicyclic) bond motifs is 1. The lowest BCUT2D eigenvalue weighted by Crippen LogP contribution is -2.38. The summed E-state index contributed by atoms with van der Waals surface area (Å²) in [6.07, 6.45) is 1.81. The zero-order valence-electron chi connectivity index (χ0n) is 12.5. The number of hydrogen-bond donors (Lipinski definition) is 2. The lowest BCUT2D eigenvalue weighted by molar-refractivity contribution is 0.435. The molecule has 0 aliphatic carbocycles. The molecular weight excluding hydrogens is 270 g/mol. The van der Waals surface area contributed by atoms with Crippen molar-refractivity contribution in [1.29, 1.82) is 0 Å². The maximum atomic E-state index is 6.37. The highest BCUT2D eigenvalue weighted by Crippen LogP contribution is 2.32. The summed E-state index contributed by atoms with van der Waals surface area (Å²) in [4.78, 5) is 4.44. The molecule has 0 bridgehead atoms. The molecule has 3 nitrogen and oxygen atoms in total. The van der Waals surface area contributed by atoms with Crippen LogP contribution in [-0.2, 0) is 0 Å². The Morgan fingerprint density at radius 2 is 2.00 bits per heavy atom. The van der Waals surface area contributed by atoms with Crippen molar-refractivity contribution in [3.05, 3.63) is 35.0 Å². The van der Waals surface area contributed by atoms with Gasteiger partial charge in [0.15, 0.2) is 0 Å². The normalized spacial score (nSPS) is 11.8. The van der Waals surface area contributed by atoms with E-state index in [2.05, 4.69) is 42.5 Å². The van der Waals surface area contributed by atoms with E-state index in [1.807, 2.05) is 25.3 Å². The fraction of sp³-hybridized carbons (Fsp3) is 0.438. The van der Waals surface area contributed by atoms with Gasteiger partial charge in [0.25, 0.3) is 0 Å². The lowest BCUT2D eigenvalue weighted by atomic mass is 10.1. The van der Waals surface area contributed by atoms with Crippen molar-refractivity contribution < 1.29 is 0 Å². The van der Waals surface area contributed by atoms with Gasteiger partial charge in [0, 0.05) is 30.2 Å². The van der Waals surface area contributed by atoms with Crippen LogP contribution < -0.4 is 10.6 Å². The Kier molecular flexibility index (Phi) is 4.51. The van der Waals surface area contributed by atoms with E-state index in [9.17, 15) is 0 Å². The summed E-state index contributed by atoms with van der Waals surface area (Å²) in [6.45, 7) is 10.2. The van der Waals surface area contributed by atoms with Gasteiger partial charge in [-0.05, 0) is 51.5 Å². The number of halogens is 1. The molecule has 0 atom stereocenters. The average Bonchev–Trinajstić information content (AvgIpc) is 2.36. The van der Waals surface area contributed by atoms with E-state index in [1.165, 1.54) is 0 Å². The van der Waals surface area contributed by atoms with E-state index in [-0.39, 0.29) is 5.54 Å². The van der Waals surface area contributed by atoms with Crippen LogP contribution in [0.1, 0.15) is 26.3 Å². The van der Waals surface area contributed by atoms with Crippen molar-refractivity contribution in [2.45, 2.75) is 33.2 Å². The van der Waals surface area contributed by atoms with Crippen molar-refractivity contribution in [3.63, 3.8) is 0 Å². The molecule has 0 amide bonds. The molecule has 0 saturated carbocycles. The maximum absolute atomic E-state index is 6.37. The van der Waals surface area contributed by atoms with E-state index >= 15 is 0 Å². The molecule has 0 unspecified atom stereocenters. The number of aryl methyl sites for hydroxylation is 1. The highest BCUT2D eigenvalue weighted by Gasteiger charge is 2.10. The Labute approximate surface area is 125 Å². The first-order chi connectivity index (χ1) is 9.38. The SMILES string of the molecule is Cc1cc(Cl)c(NCCNC(C)(C)C)c2cccnc12. The standard InChI is InChI=1S/C16H22ClN3/c1-11-10-13(17)15(12-6-5-7-18-14(11)12)19-8-9-20-16(2,3)4/h5-7,10,19-20H,8-9H2,1-4H3. The number of aromatic nitrogens is 1. The van der Waals surface area contributed by atoms with E-state index in [1.54, 1.807) is 0 Å². The monoisotopic (exact) mass is 291 g/mol. The molecule has 1 aromatic heterocycles. The zero-order valence-corrected chi connectivity index (χ0v) is 13.3. The number of nitrogens with zero attached hydrogens (tertiary/aromatic N) is 1. The molecule has 0 spiro atoms. The van der Waals surface area contributed by atoms with E-state index in [4.69, 9.17) is 11.6 Å². The molecule has 2 aromatic rings. The van der Waals surface area contributed by atoms with Crippen LogP contribution >= 0.6 is 11.6 Å². The minimum Gasteiger partial charge on any atom is -0.382 e. The van der Waals surface area contributed by atoms with Crippen molar-refractivity contribution in [2.24, 2.45) is 0 Å². The Morgan fingerprint density at radius 3 is 2.70 bits per heavy atom. The minimum atomic E-state index is 0.127. The third-order valence-electron chi connectivity index (χ3n) is 3.11. The van der Waals surface area contributed by atoms with E-state index in [0.717, 1.165) is 40.3 Å². The predicted octanol–water partition coefficient (Wildman–Crippen LogP) is 4.00. The number of anilines is 1. The molecular formula is C16H22ClN3. The minimum absolute atomic E-state index is 0.127. The van der Waals surface area contributed by atoms with Crippen LogP contribution in [0.5, 0.6) is 0 Å². The summed E-state index contributed by atoms with van der Waals surface area (Å²) >= 11 is 6.37. The number of hydrogen-bond acceptors (Lipinski definition) is 3. The first kappa shape index (κ1) is 15.1. The quantitative estimate of drug-likeness (QED) is 0.836. The third kappa shape index (κ3) is 3.62. The molecule has 4 heteroatoms. The van der Waals surface area contributed by atoms with Crippen molar-refractivity contribution >= 4 is 28.2 Å². The number of benzene rings is 1. The van der Waals surface area contributed by atoms with Gasteiger partial charge < -0.3 is 10.6 Å². The first-order valence-electron chi connectivity index (χ1n) is 6.91. The molecule has 2 rings (SSSR count). The van der Waals surface area contributed by atoms with Crippen LogP contribution in [0.4, 0.5) is 5.69 Å². The summed E-state index contributed by atoms with van der Waals surface area (Å²) in [5.41, 5.74) is 3.20. The van der Waals surface area contributed by atoms with Gasteiger partial charge in [-0.2, -0.15) is 0 Å². The average molecular weight is 292 g/mol. The summed E-state index contributed by atoms with van der Waals surface area (Å²) < 4.78 is 0. The third-order valence-corrected chi connectivity index (χ3v) is 3.41. The molecule has 20 heavy (non-hydrogen) atoms. The molecule has 0 saturated heterocycles. The van der Waals surface area contributed by atoms with Crippen LogP contribution in [0, 0.1) is 6.92 Å². The molecule has 2 N–H and O–H groups in total. The van der Waals surface area contributed by atoms with Crippen LogP contribution in [0.25, 0.3) is 10.9 Å². The molecule has 0 aliphatic heterocycles. The maximum Gasteiger partial charge on any atom is 0.0752 e. The lowest BCUT2D eigenvalue weighted by Gasteiger charge is -2.21. The van der Waals surface area contributed by atoms with Gasteiger partial charge in [0.1, 0.15) is 0 Å². The first-order valence-corrected chi connectivity index (χ1v) is 7.29. The summed E-state index contributed by atoms with van der Waals surface area (Å²) in [5, 5.41) is 8.70. The van der Waals surface area contributed by atoms with Gasteiger partial charge in [-0.15, -0.1) is 0 Å². The second-order valence-electron chi connectivity index (χ2n) is 6.05. The summed E-state index contributed by atoms with van der Waals surface area (Å²) in [7, 11) is 0. The van der Waals surface area contributed by atoms with Crippen molar-refractivity contribution in [3.8, 4) is 0 Å². The number of pyridine rings is 1.